The lowest BCUT2D eigenvalue weighted by atomic mass is 10.0. The summed E-state index contributed by atoms with van der Waals surface area (Å²) >= 11 is 11.8. The van der Waals surface area contributed by atoms with Crippen LogP contribution in [0.25, 0.3) is 11.0 Å². The molecule has 3 rings (SSSR count). The van der Waals surface area contributed by atoms with Gasteiger partial charge in [0.15, 0.2) is 11.4 Å². The van der Waals surface area contributed by atoms with E-state index in [0.29, 0.717) is 5.39 Å². The van der Waals surface area contributed by atoms with E-state index in [9.17, 15) is 14.7 Å². The van der Waals surface area contributed by atoms with Gasteiger partial charge >= 0.3 is 5.97 Å². The zero-order valence-electron chi connectivity index (χ0n) is 11.3. The number of carbonyl (C=O) groups is 2. The topological polar surface area (TPSA) is 87.7 Å². The molecule has 0 atom stereocenters. The summed E-state index contributed by atoms with van der Waals surface area (Å²) in [6.07, 6.45) is 1.22. The van der Waals surface area contributed by atoms with Gasteiger partial charge in [-0.2, -0.15) is 0 Å². The Morgan fingerprint density at radius 2 is 1.61 bits per heavy atom. The van der Waals surface area contributed by atoms with Crippen LogP contribution in [0.5, 0.6) is 5.75 Å². The summed E-state index contributed by atoms with van der Waals surface area (Å²) < 4.78 is 5.28. The van der Waals surface area contributed by atoms with Crippen molar-refractivity contribution in [2.75, 3.05) is 0 Å². The lowest BCUT2D eigenvalue weighted by molar-refractivity contribution is 0.0696. The first-order valence-electron chi connectivity index (χ1n) is 6.36. The van der Waals surface area contributed by atoms with E-state index < -0.39 is 11.8 Å². The number of phenolic OH excluding ortho intramolecular Hbond substituents is 1. The number of fused-ring (bicyclic) bond motifs is 1. The molecule has 5 nitrogen and oxygen atoms in total. The second-order valence-corrected chi connectivity index (χ2v) is 5.52. The van der Waals surface area contributed by atoms with Crippen molar-refractivity contribution >= 4 is 45.9 Å². The molecule has 1 heterocycles. The Balaban J connectivity index is 2.09. The predicted molar refractivity (Wildman–Crippen MR) is 84.7 cm³/mol. The van der Waals surface area contributed by atoms with Crippen LogP contribution in [0.1, 0.15) is 26.3 Å². The van der Waals surface area contributed by atoms with E-state index in [2.05, 4.69) is 0 Å². The zero-order chi connectivity index (χ0) is 16.7. The van der Waals surface area contributed by atoms with Crippen molar-refractivity contribution in [2.45, 2.75) is 0 Å². The fourth-order valence-corrected chi connectivity index (χ4v) is 2.57. The van der Waals surface area contributed by atoms with Crippen LogP contribution in [0.15, 0.2) is 41.0 Å². The predicted octanol–water partition coefficient (Wildman–Crippen LogP) is 4.37. The van der Waals surface area contributed by atoms with Crippen LogP contribution in [0, 0.1) is 0 Å². The van der Waals surface area contributed by atoms with Gasteiger partial charge < -0.3 is 14.6 Å². The third kappa shape index (κ3) is 2.54. The number of halogens is 2. The molecule has 0 unspecified atom stereocenters. The highest BCUT2D eigenvalue weighted by molar-refractivity contribution is 6.46. The van der Waals surface area contributed by atoms with Gasteiger partial charge in [-0.3, -0.25) is 4.79 Å². The van der Waals surface area contributed by atoms with Gasteiger partial charge in [-0.1, -0.05) is 35.3 Å². The normalized spacial score (nSPS) is 10.9. The average molecular weight is 351 g/mol. The van der Waals surface area contributed by atoms with Gasteiger partial charge in [0.1, 0.15) is 22.1 Å². The molecule has 0 amide bonds. The number of aromatic hydroxyl groups is 1. The third-order valence-corrected chi connectivity index (χ3v) is 4.21. The maximum atomic E-state index is 12.5. The van der Waals surface area contributed by atoms with Crippen molar-refractivity contribution in [3.63, 3.8) is 0 Å². The smallest absolute Gasteiger partial charge is 0.335 e. The Morgan fingerprint density at radius 1 is 1.00 bits per heavy atom. The van der Waals surface area contributed by atoms with Gasteiger partial charge in [0.2, 0.25) is 0 Å². The van der Waals surface area contributed by atoms with E-state index in [1.807, 2.05) is 0 Å². The molecule has 0 saturated carbocycles. The van der Waals surface area contributed by atoms with E-state index in [-0.39, 0.29) is 38.1 Å². The summed E-state index contributed by atoms with van der Waals surface area (Å²) in [4.78, 5) is 23.4. The summed E-state index contributed by atoms with van der Waals surface area (Å²) in [6, 6.07) is 6.77. The molecule has 0 aliphatic carbocycles. The highest BCUT2D eigenvalue weighted by Gasteiger charge is 2.21. The molecule has 0 bridgehead atoms. The summed E-state index contributed by atoms with van der Waals surface area (Å²) in [7, 11) is 0. The molecule has 0 fully saturated rings. The highest BCUT2D eigenvalue weighted by atomic mass is 35.5. The van der Waals surface area contributed by atoms with Crippen molar-refractivity contribution in [3.8, 4) is 5.75 Å². The van der Waals surface area contributed by atoms with Crippen molar-refractivity contribution in [1.82, 2.24) is 0 Å². The molecule has 0 spiro atoms. The van der Waals surface area contributed by atoms with Crippen LogP contribution in [0.3, 0.4) is 0 Å². The maximum absolute atomic E-state index is 12.5. The summed E-state index contributed by atoms with van der Waals surface area (Å²) in [5, 5.41) is 18.9. The van der Waals surface area contributed by atoms with Crippen LogP contribution in [-0.2, 0) is 0 Å². The molecule has 0 aliphatic heterocycles. The Hall–Kier alpha value is -2.50. The van der Waals surface area contributed by atoms with E-state index in [1.165, 1.54) is 36.6 Å². The van der Waals surface area contributed by atoms with Gasteiger partial charge in [-0.05, 0) is 18.2 Å². The lowest BCUT2D eigenvalue weighted by Crippen LogP contribution is -2.02. The molecule has 0 aliphatic rings. The molecule has 23 heavy (non-hydrogen) atoms. The van der Waals surface area contributed by atoms with Crippen LogP contribution in [0.2, 0.25) is 10.0 Å². The number of carboxylic acid groups (broad SMARTS) is 1. The van der Waals surface area contributed by atoms with Crippen LogP contribution in [-0.4, -0.2) is 22.0 Å². The number of benzene rings is 2. The van der Waals surface area contributed by atoms with E-state index in [4.69, 9.17) is 32.7 Å². The number of rotatable bonds is 3. The van der Waals surface area contributed by atoms with E-state index in [1.54, 1.807) is 0 Å². The number of hydrogen-bond acceptors (Lipinski definition) is 4. The Bertz CT molecular complexity index is 941. The molecule has 2 N–H and O–H groups in total. The molecule has 7 heteroatoms. The number of ketones is 1. The second kappa shape index (κ2) is 5.61. The molecule has 0 saturated heterocycles. The van der Waals surface area contributed by atoms with Crippen LogP contribution < -0.4 is 0 Å². The molecule has 1 aromatic heterocycles. The number of carbonyl (C=O) groups excluding carboxylic acids is 1. The second-order valence-electron chi connectivity index (χ2n) is 4.76. The Labute approximate surface area is 139 Å². The summed E-state index contributed by atoms with van der Waals surface area (Å²) in [5.74, 6) is -1.73. The minimum atomic E-state index is -1.08. The molecular weight excluding hydrogens is 343 g/mol. The first-order chi connectivity index (χ1) is 10.9. The van der Waals surface area contributed by atoms with Crippen LogP contribution in [0.4, 0.5) is 0 Å². The molecular formula is C16H8Cl2O5. The van der Waals surface area contributed by atoms with Gasteiger partial charge in [0.05, 0.1) is 11.1 Å². The van der Waals surface area contributed by atoms with Crippen molar-refractivity contribution in [3.05, 3.63) is 63.3 Å². The molecule has 2 aromatic carbocycles. The van der Waals surface area contributed by atoms with Gasteiger partial charge in [-0.25, -0.2) is 4.79 Å². The van der Waals surface area contributed by atoms with Gasteiger partial charge in [0, 0.05) is 10.9 Å². The van der Waals surface area contributed by atoms with Gasteiger partial charge in [0.25, 0.3) is 0 Å². The summed E-state index contributed by atoms with van der Waals surface area (Å²) in [5.41, 5.74) is 0.742. The third-order valence-electron chi connectivity index (χ3n) is 3.37. The minimum absolute atomic E-state index is 0.0157. The Kier molecular flexibility index (Phi) is 3.75. The first-order valence-corrected chi connectivity index (χ1v) is 7.12. The number of carboxylic acids is 1. The minimum Gasteiger partial charge on any atom is -0.506 e. The zero-order valence-corrected chi connectivity index (χ0v) is 12.9. The van der Waals surface area contributed by atoms with Crippen LogP contribution >= 0.6 is 23.2 Å². The van der Waals surface area contributed by atoms with E-state index in [0.717, 1.165) is 0 Å². The molecule has 116 valence electrons. The maximum Gasteiger partial charge on any atom is 0.335 e. The SMILES string of the molecule is O=C(O)c1ccc(C(=O)c2coc3c(Cl)c(Cl)c(O)cc23)cc1. The molecule has 0 radical (unpaired) electrons. The number of phenols is 1. The van der Waals surface area contributed by atoms with E-state index >= 15 is 0 Å². The quantitative estimate of drug-likeness (QED) is 0.684. The lowest BCUT2D eigenvalue weighted by Gasteiger charge is -2.02. The fraction of sp³-hybridized carbons (Fsp3) is 0. The Morgan fingerprint density at radius 3 is 2.22 bits per heavy atom. The highest BCUT2D eigenvalue weighted by Crippen LogP contribution is 2.40. The standard InChI is InChI=1S/C16H8Cl2O5/c17-12-11(19)5-9-10(6-23-15(9)13(12)18)14(20)7-1-3-8(4-2-7)16(21)22/h1-6,19H,(H,21,22). The summed E-state index contributed by atoms with van der Waals surface area (Å²) in [6.45, 7) is 0. The first kappa shape index (κ1) is 15.4. The van der Waals surface area contributed by atoms with Gasteiger partial charge in [-0.15, -0.1) is 0 Å². The number of aromatic carboxylic acids is 1. The monoisotopic (exact) mass is 350 g/mol. The van der Waals surface area contributed by atoms with Crippen molar-refractivity contribution in [2.24, 2.45) is 0 Å². The van der Waals surface area contributed by atoms with Crippen molar-refractivity contribution < 1.29 is 24.2 Å². The van der Waals surface area contributed by atoms with Crippen molar-refractivity contribution in [1.29, 1.82) is 0 Å². The number of hydrogen-bond donors (Lipinski definition) is 2. The molecule has 3 aromatic rings. The largest absolute Gasteiger partial charge is 0.506 e. The number of furan rings is 1. The fourth-order valence-electron chi connectivity index (χ4n) is 2.19. The average Bonchev–Trinajstić information content (AvgIpc) is 2.95.